The monoisotopic (exact) mass is 284 g/mol. The molecule has 0 saturated carbocycles. The van der Waals surface area contributed by atoms with Crippen molar-refractivity contribution in [1.29, 1.82) is 0 Å². The van der Waals surface area contributed by atoms with Gasteiger partial charge in [-0.05, 0) is 37.1 Å². The number of benzene rings is 1. The Labute approximate surface area is 122 Å². The normalized spacial score (nSPS) is 21.7. The number of rotatable bonds is 3. The highest BCUT2D eigenvalue weighted by atomic mass is 16.3. The van der Waals surface area contributed by atoms with Gasteiger partial charge in [0.05, 0.1) is 12.8 Å². The van der Waals surface area contributed by atoms with Crippen molar-refractivity contribution in [3.8, 4) is 0 Å². The molecule has 2 heterocycles. The van der Waals surface area contributed by atoms with Crippen LogP contribution in [0.3, 0.4) is 0 Å². The number of hydrogen-bond acceptors (Lipinski definition) is 3. The Morgan fingerprint density at radius 2 is 1.95 bits per heavy atom. The van der Waals surface area contributed by atoms with Crippen molar-refractivity contribution < 1.29 is 14.0 Å². The number of nitrogens with one attached hydrogen (secondary N) is 1. The summed E-state index contributed by atoms with van der Waals surface area (Å²) in [5.41, 5.74) is 0.859. The molecule has 0 aliphatic carbocycles. The highest BCUT2D eigenvalue weighted by Crippen LogP contribution is 2.30. The highest BCUT2D eigenvalue weighted by Gasteiger charge is 2.50. The van der Waals surface area contributed by atoms with Crippen molar-refractivity contribution in [2.45, 2.75) is 25.9 Å². The van der Waals surface area contributed by atoms with E-state index in [0.717, 1.165) is 11.1 Å². The number of furan rings is 1. The van der Waals surface area contributed by atoms with Crippen LogP contribution in [-0.2, 0) is 16.9 Å². The maximum absolute atomic E-state index is 12.6. The smallest absolute Gasteiger partial charge is 0.325 e. The van der Waals surface area contributed by atoms with E-state index in [1.165, 1.54) is 11.2 Å². The van der Waals surface area contributed by atoms with Gasteiger partial charge in [0.2, 0.25) is 0 Å². The molecule has 5 heteroatoms. The first-order valence-corrected chi connectivity index (χ1v) is 6.75. The van der Waals surface area contributed by atoms with Crippen molar-refractivity contribution in [1.82, 2.24) is 10.2 Å². The summed E-state index contributed by atoms with van der Waals surface area (Å²) >= 11 is 0. The lowest BCUT2D eigenvalue weighted by molar-refractivity contribution is -0.132. The number of aryl methyl sites for hydroxylation is 1. The van der Waals surface area contributed by atoms with Crippen molar-refractivity contribution in [3.05, 3.63) is 59.5 Å². The van der Waals surface area contributed by atoms with Gasteiger partial charge in [-0.15, -0.1) is 0 Å². The molecular weight excluding hydrogens is 268 g/mol. The molecule has 0 bridgehead atoms. The van der Waals surface area contributed by atoms with Gasteiger partial charge in [-0.25, -0.2) is 4.79 Å². The largest absolute Gasteiger partial charge is 0.466 e. The predicted molar refractivity (Wildman–Crippen MR) is 76.3 cm³/mol. The van der Waals surface area contributed by atoms with E-state index in [4.69, 9.17) is 4.42 Å². The summed E-state index contributed by atoms with van der Waals surface area (Å²) in [6, 6.07) is 10.7. The molecule has 21 heavy (non-hydrogen) atoms. The Balaban J connectivity index is 1.90. The van der Waals surface area contributed by atoms with Crippen LogP contribution in [0.1, 0.15) is 23.8 Å². The third-order valence-corrected chi connectivity index (χ3v) is 3.88. The number of carbonyl (C=O) groups is 2. The summed E-state index contributed by atoms with van der Waals surface area (Å²) < 4.78 is 5.30. The molecule has 0 spiro atoms. The molecule has 2 aromatic rings. The SMILES string of the molecule is Cc1ccccc1CN1C(=O)N[C@@](C)(c2ccco2)C1=O. The molecule has 5 nitrogen and oxygen atoms in total. The Bertz CT molecular complexity index is 693. The predicted octanol–water partition coefficient (Wildman–Crippen LogP) is 2.56. The van der Waals surface area contributed by atoms with E-state index in [1.54, 1.807) is 19.1 Å². The fraction of sp³-hybridized carbons (Fsp3) is 0.250. The maximum atomic E-state index is 12.6. The molecule has 1 aliphatic rings. The van der Waals surface area contributed by atoms with Crippen LogP contribution in [0.15, 0.2) is 47.1 Å². The lowest BCUT2D eigenvalue weighted by Crippen LogP contribution is -2.40. The van der Waals surface area contributed by atoms with Crippen molar-refractivity contribution in [2.24, 2.45) is 0 Å². The van der Waals surface area contributed by atoms with Gasteiger partial charge in [0.15, 0.2) is 5.54 Å². The topological polar surface area (TPSA) is 62.6 Å². The number of carbonyl (C=O) groups excluding carboxylic acids is 2. The number of nitrogens with zero attached hydrogens (tertiary/aromatic N) is 1. The molecule has 0 unspecified atom stereocenters. The molecule has 1 aromatic carbocycles. The van der Waals surface area contributed by atoms with Gasteiger partial charge < -0.3 is 9.73 Å². The summed E-state index contributed by atoms with van der Waals surface area (Å²) in [5, 5.41) is 2.72. The second kappa shape index (κ2) is 4.77. The first kappa shape index (κ1) is 13.4. The number of urea groups is 1. The van der Waals surface area contributed by atoms with Crippen LogP contribution < -0.4 is 5.32 Å². The van der Waals surface area contributed by atoms with Crippen LogP contribution in [-0.4, -0.2) is 16.8 Å². The highest BCUT2D eigenvalue weighted by molar-refractivity contribution is 6.06. The van der Waals surface area contributed by atoms with E-state index < -0.39 is 11.6 Å². The first-order chi connectivity index (χ1) is 10.0. The summed E-state index contributed by atoms with van der Waals surface area (Å²) in [6.07, 6.45) is 1.49. The van der Waals surface area contributed by atoms with Crippen LogP contribution in [0.4, 0.5) is 4.79 Å². The maximum Gasteiger partial charge on any atom is 0.325 e. The second-order valence-corrected chi connectivity index (χ2v) is 5.35. The van der Waals surface area contributed by atoms with Crippen LogP contribution >= 0.6 is 0 Å². The molecule has 1 fully saturated rings. The van der Waals surface area contributed by atoms with Gasteiger partial charge in [0.1, 0.15) is 5.76 Å². The Morgan fingerprint density at radius 3 is 2.62 bits per heavy atom. The van der Waals surface area contributed by atoms with E-state index in [0.29, 0.717) is 5.76 Å². The van der Waals surface area contributed by atoms with Gasteiger partial charge >= 0.3 is 6.03 Å². The van der Waals surface area contributed by atoms with Crippen LogP contribution in [0.5, 0.6) is 0 Å². The van der Waals surface area contributed by atoms with E-state index >= 15 is 0 Å². The Kier molecular flexibility index (Phi) is 3.05. The molecule has 0 radical (unpaired) electrons. The molecule has 1 aliphatic heterocycles. The number of imide groups is 1. The lowest BCUT2D eigenvalue weighted by atomic mass is 9.99. The zero-order chi connectivity index (χ0) is 15.0. The Morgan fingerprint density at radius 1 is 1.19 bits per heavy atom. The van der Waals surface area contributed by atoms with E-state index in [9.17, 15) is 9.59 Å². The number of amides is 3. The van der Waals surface area contributed by atoms with Crippen molar-refractivity contribution in [3.63, 3.8) is 0 Å². The second-order valence-electron chi connectivity index (χ2n) is 5.35. The van der Waals surface area contributed by atoms with Gasteiger partial charge in [0.25, 0.3) is 5.91 Å². The quantitative estimate of drug-likeness (QED) is 0.881. The molecule has 3 rings (SSSR count). The molecule has 3 amide bonds. The first-order valence-electron chi connectivity index (χ1n) is 6.75. The summed E-state index contributed by atoms with van der Waals surface area (Å²) in [7, 11) is 0. The van der Waals surface area contributed by atoms with Gasteiger partial charge in [0, 0.05) is 0 Å². The summed E-state index contributed by atoms with van der Waals surface area (Å²) in [4.78, 5) is 26.0. The van der Waals surface area contributed by atoms with Crippen LogP contribution in [0, 0.1) is 6.92 Å². The molecule has 1 saturated heterocycles. The van der Waals surface area contributed by atoms with E-state index in [-0.39, 0.29) is 12.5 Å². The van der Waals surface area contributed by atoms with E-state index in [1.807, 2.05) is 31.2 Å². The summed E-state index contributed by atoms with van der Waals surface area (Å²) in [5.74, 6) is 0.138. The Hall–Kier alpha value is -2.56. The van der Waals surface area contributed by atoms with Gasteiger partial charge in [-0.2, -0.15) is 0 Å². The van der Waals surface area contributed by atoms with Gasteiger partial charge in [-0.3, -0.25) is 9.69 Å². The fourth-order valence-corrected chi connectivity index (χ4v) is 2.53. The van der Waals surface area contributed by atoms with Gasteiger partial charge in [-0.1, -0.05) is 24.3 Å². The minimum atomic E-state index is -1.14. The fourth-order valence-electron chi connectivity index (χ4n) is 2.53. The van der Waals surface area contributed by atoms with Crippen molar-refractivity contribution >= 4 is 11.9 Å². The molecule has 1 aromatic heterocycles. The average Bonchev–Trinajstić information content (AvgIpc) is 3.06. The molecule has 108 valence electrons. The lowest BCUT2D eigenvalue weighted by Gasteiger charge is -2.19. The zero-order valence-corrected chi connectivity index (χ0v) is 11.9. The summed E-state index contributed by atoms with van der Waals surface area (Å²) in [6.45, 7) is 3.87. The molecular formula is C16H16N2O3. The van der Waals surface area contributed by atoms with Crippen LogP contribution in [0.25, 0.3) is 0 Å². The zero-order valence-electron chi connectivity index (χ0n) is 11.9. The van der Waals surface area contributed by atoms with E-state index in [2.05, 4.69) is 5.32 Å². The number of hydrogen-bond donors (Lipinski definition) is 1. The third kappa shape index (κ3) is 2.11. The molecule has 1 N–H and O–H groups in total. The minimum absolute atomic E-state index is 0.258. The third-order valence-electron chi connectivity index (χ3n) is 3.88. The van der Waals surface area contributed by atoms with Crippen molar-refractivity contribution in [2.75, 3.05) is 0 Å². The average molecular weight is 284 g/mol. The minimum Gasteiger partial charge on any atom is -0.466 e. The molecule has 1 atom stereocenters. The van der Waals surface area contributed by atoms with Crippen LogP contribution in [0.2, 0.25) is 0 Å². The standard InChI is InChI=1S/C16H16N2O3/c1-11-6-3-4-7-12(11)10-18-14(19)16(2,17-15(18)20)13-8-5-9-21-13/h3-9H,10H2,1-2H3,(H,17,20)/t16-/m0/s1.